The minimum absolute atomic E-state index is 0.00831. The third-order valence-corrected chi connectivity index (χ3v) is 13.1. The summed E-state index contributed by atoms with van der Waals surface area (Å²) in [4.78, 5) is 52.8. The quantitative estimate of drug-likeness (QED) is 0.166. The van der Waals surface area contributed by atoms with Gasteiger partial charge in [-0.3, -0.25) is 19.2 Å². The third-order valence-electron chi connectivity index (χ3n) is 10.9. The largest absolute Gasteiger partial charge is 0.416 e. The molecular formula is C42H25F3N2O4S2. The third kappa shape index (κ3) is 4.50. The zero-order chi connectivity index (χ0) is 36.8. The van der Waals surface area contributed by atoms with Gasteiger partial charge in [0.1, 0.15) is 0 Å². The number of benzene rings is 2. The summed E-state index contributed by atoms with van der Waals surface area (Å²) in [6.45, 7) is 1.94. The van der Waals surface area contributed by atoms with Crippen molar-refractivity contribution >= 4 is 114 Å². The molecule has 0 bridgehead atoms. The number of fused-ring (bicyclic) bond motifs is 9. The van der Waals surface area contributed by atoms with E-state index in [0.29, 0.717) is 21.6 Å². The van der Waals surface area contributed by atoms with Crippen molar-refractivity contribution in [3.05, 3.63) is 113 Å². The van der Waals surface area contributed by atoms with Crippen LogP contribution in [0.2, 0.25) is 0 Å². The van der Waals surface area contributed by atoms with Crippen LogP contribution in [0.25, 0.3) is 68.0 Å². The summed E-state index contributed by atoms with van der Waals surface area (Å²) in [6.07, 6.45) is 7.85. The molecule has 53 heavy (non-hydrogen) atoms. The van der Waals surface area contributed by atoms with Crippen LogP contribution in [0.5, 0.6) is 0 Å². The highest BCUT2D eigenvalue weighted by atomic mass is 32.1. The molecule has 0 fully saturated rings. The fourth-order valence-corrected chi connectivity index (χ4v) is 10.6. The molecular weight excluding hydrogens is 718 g/mol. The number of aromatic nitrogens is 2. The predicted molar refractivity (Wildman–Crippen MR) is 202 cm³/mol. The number of nitrogens with zero attached hydrogens (tertiary/aromatic N) is 2. The van der Waals surface area contributed by atoms with Crippen LogP contribution in [-0.4, -0.2) is 32.3 Å². The summed E-state index contributed by atoms with van der Waals surface area (Å²) in [7, 11) is 4.00. The van der Waals surface area contributed by atoms with Crippen molar-refractivity contribution in [1.29, 1.82) is 0 Å². The summed E-state index contributed by atoms with van der Waals surface area (Å²) >= 11 is 3.04. The molecule has 6 nitrogen and oxygen atoms in total. The number of aryl methyl sites for hydroxylation is 3. The summed E-state index contributed by atoms with van der Waals surface area (Å²) in [6, 6.07) is 12.2. The zero-order valence-corrected chi connectivity index (χ0v) is 29.8. The Bertz CT molecular complexity index is 3120. The van der Waals surface area contributed by atoms with Gasteiger partial charge in [-0.05, 0) is 60.5 Å². The van der Waals surface area contributed by atoms with E-state index in [4.69, 9.17) is 0 Å². The molecule has 0 spiro atoms. The molecule has 11 heteroatoms. The molecule has 10 rings (SSSR count). The highest BCUT2D eigenvalue weighted by Crippen LogP contribution is 2.39. The second-order valence-electron chi connectivity index (χ2n) is 14.0. The van der Waals surface area contributed by atoms with E-state index in [9.17, 15) is 32.3 Å². The van der Waals surface area contributed by atoms with E-state index < -0.39 is 34.9 Å². The molecule has 2 aromatic carbocycles. The Labute approximate surface area is 306 Å². The monoisotopic (exact) mass is 742 g/mol. The molecule has 0 saturated heterocycles. The molecule has 4 aliphatic carbocycles. The Kier molecular flexibility index (Phi) is 6.47. The number of carbonyl (C=O) groups is 4. The molecule has 0 saturated carbocycles. The summed E-state index contributed by atoms with van der Waals surface area (Å²) < 4.78 is 46.9. The van der Waals surface area contributed by atoms with Crippen LogP contribution < -0.4 is 21.1 Å². The smallest absolute Gasteiger partial charge is 0.343 e. The highest BCUT2D eigenvalue weighted by Gasteiger charge is 2.38. The number of hydrogen-bond acceptors (Lipinski definition) is 6. The van der Waals surface area contributed by atoms with Gasteiger partial charge in [0, 0.05) is 79.1 Å². The van der Waals surface area contributed by atoms with Crippen molar-refractivity contribution < 1.29 is 32.3 Å². The van der Waals surface area contributed by atoms with Crippen LogP contribution >= 0.6 is 22.7 Å². The molecule has 0 radical (unpaired) electrons. The van der Waals surface area contributed by atoms with Crippen molar-refractivity contribution in [3.63, 3.8) is 0 Å². The topological polar surface area (TPSA) is 78.1 Å². The number of hydrogen-bond donors (Lipinski definition) is 0. The molecule has 4 aromatic heterocycles. The number of alkyl halides is 3. The minimum Gasteiger partial charge on any atom is -0.343 e. The maximum absolute atomic E-state index is 13.5. The Morgan fingerprint density at radius 2 is 1.08 bits per heavy atom. The van der Waals surface area contributed by atoms with Gasteiger partial charge in [0.05, 0.1) is 26.0 Å². The van der Waals surface area contributed by atoms with Gasteiger partial charge in [-0.1, -0.05) is 48.1 Å². The van der Waals surface area contributed by atoms with E-state index >= 15 is 0 Å². The average molecular weight is 743 g/mol. The Morgan fingerprint density at radius 1 is 0.604 bits per heavy atom. The number of ketones is 4. The van der Waals surface area contributed by atoms with Gasteiger partial charge in [0.25, 0.3) is 0 Å². The lowest BCUT2D eigenvalue weighted by atomic mass is 9.84. The fourth-order valence-electron chi connectivity index (χ4n) is 8.22. The second kappa shape index (κ2) is 10.7. The highest BCUT2D eigenvalue weighted by molar-refractivity contribution is 7.20. The SMILES string of the molecule is Cc1ccc2c(c1)/C(=C/c1cc3c(s1)c1c(n3C)=CC3C=c4c(n(C)c5cc(/C=C6\C(=O)C(=O)c7ccc(C(F)(F)F)cc76)sc45)=CC3C=1)C(=O)C2=O. The normalized spacial score (nSPS) is 20.3. The Balaban J connectivity index is 1.04. The molecule has 4 aliphatic rings. The van der Waals surface area contributed by atoms with Gasteiger partial charge in [-0.25, -0.2) is 0 Å². The van der Waals surface area contributed by atoms with Crippen LogP contribution in [0.4, 0.5) is 13.2 Å². The lowest BCUT2D eigenvalue weighted by Gasteiger charge is -2.21. The van der Waals surface area contributed by atoms with Crippen molar-refractivity contribution in [2.75, 3.05) is 0 Å². The van der Waals surface area contributed by atoms with E-state index in [1.165, 1.54) is 17.4 Å². The summed E-state index contributed by atoms with van der Waals surface area (Å²) in [5.74, 6) is -2.40. The van der Waals surface area contributed by atoms with Crippen LogP contribution in [0.15, 0.2) is 48.5 Å². The van der Waals surface area contributed by atoms with Crippen molar-refractivity contribution in [1.82, 2.24) is 9.13 Å². The first-order valence-corrected chi connectivity index (χ1v) is 18.5. The molecule has 4 heterocycles. The van der Waals surface area contributed by atoms with Crippen LogP contribution in [0.1, 0.15) is 52.7 Å². The summed E-state index contributed by atoms with van der Waals surface area (Å²) in [5, 5.41) is 4.33. The standard InChI is InChI=1S/C42H25F3N2O4S2/c1-18-4-6-24-26(8-18)28(38(50)36(24)48)14-22-16-34-40(52-22)30-9-19-12-33-31(10-20(19)11-32(30)46(34)2)41-35(47(33)3)17-23(53-41)15-29-27-13-21(42(43,44)45)5-7-25(27)37(49)39(29)51/h4-17,19-20H,1-3H3/b28-14-,29-15-. The van der Waals surface area contributed by atoms with Gasteiger partial charge < -0.3 is 9.13 Å². The van der Waals surface area contributed by atoms with Gasteiger partial charge in [-0.15, -0.1) is 22.7 Å². The van der Waals surface area contributed by atoms with E-state index in [1.807, 2.05) is 45.3 Å². The molecule has 0 aliphatic heterocycles. The number of halogens is 3. The molecule has 0 N–H and O–H groups in total. The molecule has 6 aromatic rings. The lowest BCUT2D eigenvalue weighted by Crippen LogP contribution is -2.39. The van der Waals surface area contributed by atoms with E-state index in [-0.39, 0.29) is 28.5 Å². The van der Waals surface area contributed by atoms with E-state index in [1.54, 1.807) is 17.4 Å². The van der Waals surface area contributed by atoms with Gasteiger partial charge in [-0.2, -0.15) is 13.2 Å². The van der Waals surface area contributed by atoms with Gasteiger partial charge in [0.15, 0.2) is 0 Å². The first-order valence-electron chi connectivity index (χ1n) is 16.8. The number of thiophene rings is 2. The molecule has 2 unspecified atom stereocenters. The fraction of sp³-hybridized carbons (Fsp3) is 0.143. The van der Waals surface area contributed by atoms with Crippen molar-refractivity contribution in [2.24, 2.45) is 25.9 Å². The summed E-state index contributed by atoms with van der Waals surface area (Å²) in [5.41, 5.74) is 3.57. The van der Waals surface area contributed by atoms with Crippen molar-refractivity contribution in [2.45, 2.75) is 13.1 Å². The van der Waals surface area contributed by atoms with Gasteiger partial charge >= 0.3 is 6.18 Å². The van der Waals surface area contributed by atoms with E-state index in [2.05, 4.69) is 39.5 Å². The Morgan fingerprint density at radius 3 is 1.57 bits per heavy atom. The van der Waals surface area contributed by atoms with E-state index in [0.717, 1.165) is 70.2 Å². The number of allylic oxidation sites excluding steroid dienone is 2. The molecule has 0 amide bonds. The predicted octanol–water partition coefficient (Wildman–Crippen LogP) is 5.81. The number of rotatable bonds is 2. The number of carbonyl (C=O) groups excluding carboxylic acids is 4. The minimum atomic E-state index is -4.61. The Hall–Kier alpha value is -5.65. The van der Waals surface area contributed by atoms with Crippen LogP contribution in [0, 0.1) is 18.8 Å². The molecule has 260 valence electrons. The van der Waals surface area contributed by atoms with Crippen LogP contribution in [-0.2, 0) is 29.9 Å². The lowest BCUT2D eigenvalue weighted by molar-refractivity contribution is -0.137. The van der Waals surface area contributed by atoms with Crippen molar-refractivity contribution in [3.8, 4) is 0 Å². The first-order chi connectivity index (χ1) is 25.3. The zero-order valence-electron chi connectivity index (χ0n) is 28.2. The number of Topliss-reactive ketones (excluding diaryl/α,β-unsaturated/α-hetero) is 4. The second-order valence-corrected chi connectivity index (χ2v) is 16.2. The maximum Gasteiger partial charge on any atom is 0.416 e. The first kappa shape index (κ1) is 32.0. The maximum atomic E-state index is 13.5. The average Bonchev–Trinajstić information content (AvgIpc) is 3.94. The molecule has 2 atom stereocenters. The van der Waals surface area contributed by atoms with Crippen LogP contribution in [0.3, 0.4) is 0 Å². The van der Waals surface area contributed by atoms with Gasteiger partial charge in [0.2, 0.25) is 23.1 Å².